The molecule has 7 nitrogen and oxygen atoms in total. The minimum atomic E-state index is -0.675. The van der Waals surface area contributed by atoms with Gasteiger partial charge in [0.05, 0.1) is 12.7 Å². The van der Waals surface area contributed by atoms with Crippen LogP contribution in [0.25, 0.3) is 0 Å². The van der Waals surface area contributed by atoms with Gasteiger partial charge in [0.1, 0.15) is 12.4 Å². The van der Waals surface area contributed by atoms with Crippen molar-refractivity contribution in [3.63, 3.8) is 0 Å². The van der Waals surface area contributed by atoms with Crippen LogP contribution in [-0.4, -0.2) is 46.3 Å². The van der Waals surface area contributed by atoms with Crippen molar-refractivity contribution in [2.24, 2.45) is 0 Å². The fourth-order valence-electron chi connectivity index (χ4n) is 2.79. The summed E-state index contributed by atoms with van der Waals surface area (Å²) in [5.41, 5.74) is 0.772. The number of carbonyl (C=O) groups is 1. The molecular weight excluding hydrogens is 329 g/mol. The van der Waals surface area contributed by atoms with Crippen LogP contribution in [0.4, 0.5) is 4.39 Å². The average Bonchev–Trinajstić information content (AvgIpc) is 2.97. The van der Waals surface area contributed by atoms with Crippen molar-refractivity contribution < 1.29 is 18.4 Å². The summed E-state index contributed by atoms with van der Waals surface area (Å²) in [6, 6.07) is 5.88. The number of morpholine rings is 1. The first-order valence-electron chi connectivity index (χ1n) is 8.26. The number of aromatic nitrogens is 2. The minimum absolute atomic E-state index is 0.0237. The average molecular weight is 349 g/mol. The first kappa shape index (κ1) is 17.3. The maximum Gasteiger partial charge on any atom is 0.442 e. The quantitative estimate of drug-likeness (QED) is 0.811. The van der Waals surface area contributed by atoms with E-state index in [0.717, 1.165) is 12.0 Å². The Morgan fingerprint density at radius 1 is 1.36 bits per heavy atom. The Morgan fingerprint density at radius 2 is 2.12 bits per heavy atom. The second-order valence-corrected chi connectivity index (χ2v) is 5.99. The summed E-state index contributed by atoms with van der Waals surface area (Å²) in [4.78, 5) is 26.1. The maximum atomic E-state index is 13.0. The van der Waals surface area contributed by atoms with Crippen LogP contribution in [0.15, 0.2) is 33.6 Å². The Hall–Kier alpha value is -2.48. The standard InChI is InChI=1S/C17H20FN3O4/c1-2-14-10-20(7-8-24-14)16(22)11-21-15(19-25-17(21)23)9-12-3-5-13(18)6-4-12/h3-6,14H,2,7-11H2,1H3. The predicted octanol–water partition coefficient (Wildman–Crippen LogP) is 1.20. The van der Waals surface area contributed by atoms with Gasteiger partial charge in [0.25, 0.3) is 0 Å². The van der Waals surface area contributed by atoms with Crippen LogP contribution in [0.1, 0.15) is 24.7 Å². The Balaban J connectivity index is 1.72. The fraction of sp³-hybridized carbons (Fsp3) is 0.471. The molecule has 1 aliphatic rings. The van der Waals surface area contributed by atoms with Gasteiger partial charge in [-0.15, -0.1) is 0 Å². The first-order chi connectivity index (χ1) is 12.1. The van der Waals surface area contributed by atoms with E-state index in [0.29, 0.717) is 25.5 Å². The summed E-state index contributed by atoms with van der Waals surface area (Å²) in [5, 5.41) is 3.75. The highest BCUT2D eigenvalue weighted by atomic mass is 19.1. The zero-order valence-electron chi connectivity index (χ0n) is 14.0. The van der Waals surface area contributed by atoms with Gasteiger partial charge in [0, 0.05) is 19.5 Å². The van der Waals surface area contributed by atoms with Crippen LogP contribution >= 0.6 is 0 Å². The molecule has 0 bridgehead atoms. The molecule has 0 spiro atoms. The number of ether oxygens (including phenoxy) is 1. The lowest BCUT2D eigenvalue weighted by atomic mass is 10.1. The van der Waals surface area contributed by atoms with Crippen LogP contribution < -0.4 is 5.76 Å². The molecule has 0 radical (unpaired) electrons. The molecule has 1 aromatic carbocycles. The number of hydrogen-bond donors (Lipinski definition) is 0. The van der Waals surface area contributed by atoms with Gasteiger partial charge < -0.3 is 9.64 Å². The smallest absolute Gasteiger partial charge is 0.375 e. The molecule has 8 heteroatoms. The highest BCUT2D eigenvalue weighted by Crippen LogP contribution is 2.11. The van der Waals surface area contributed by atoms with E-state index in [9.17, 15) is 14.0 Å². The molecule has 0 saturated carbocycles. The van der Waals surface area contributed by atoms with Gasteiger partial charge in [-0.2, -0.15) is 0 Å². The second kappa shape index (κ2) is 7.60. The second-order valence-electron chi connectivity index (χ2n) is 5.99. The monoisotopic (exact) mass is 349 g/mol. The van der Waals surface area contributed by atoms with Gasteiger partial charge in [-0.05, 0) is 24.1 Å². The number of halogens is 1. The van der Waals surface area contributed by atoms with E-state index < -0.39 is 5.76 Å². The van der Waals surface area contributed by atoms with Gasteiger partial charge in [-0.25, -0.2) is 9.18 Å². The topological polar surface area (TPSA) is 77.6 Å². The summed E-state index contributed by atoms with van der Waals surface area (Å²) in [5.74, 6) is -0.849. The van der Waals surface area contributed by atoms with Crippen molar-refractivity contribution in [2.45, 2.75) is 32.4 Å². The van der Waals surface area contributed by atoms with Crippen molar-refractivity contribution in [1.82, 2.24) is 14.6 Å². The van der Waals surface area contributed by atoms with Gasteiger partial charge in [-0.3, -0.25) is 13.9 Å². The summed E-state index contributed by atoms with van der Waals surface area (Å²) < 4.78 is 24.5. The maximum absolute atomic E-state index is 13.0. The summed E-state index contributed by atoms with van der Waals surface area (Å²) in [6.07, 6.45) is 1.13. The van der Waals surface area contributed by atoms with Crippen LogP contribution in [-0.2, 0) is 22.5 Å². The molecule has 1 aromatic heterocycles. The lowest BCUT2D eigenvalue weighted by molar-refractivity contribution is -0.139. The number of amides is 1. The highest BCUT2D eigenvalue weighted by Gasteiger charge is 2.25. The van der Waals surface area contributed by atoms with Crippen molar-refractivity contribution in [2.75, 3.05) is 19.7 Å². The van der Waals surface area contributed by atoms with E-state index >= 15 is 0 Å². The predicted molar refractivity (Wildman–Crippen MR) is 86.6 cm³/mol. The van der Waals surface area contributed by atoms with Crippen molar-refractivity contribution in [3.8, 4) is 0 Å². The Bertz CT molecular complexity index is 784. The number of nitrogens with zero attached hydrogens (tertiary/aromatic N) is 3. The lowest BCUT2D eigenvalue weighted by Gasteiger charge is -2.32. The molecule has 1 saturated heterocycles. The van der Waals surface area contributed by atoms with E-state index in [-0.39, 0.29) is 30.8 Å². The largest absolute Gasteiger partial charge is 0.442 e. The van der Waals surface area contributed by atoms with Crippen LogP contribution in [0.5, 0.6) is 0 Å². The normalized spacial score (nSPS) is 17.7. The molecule has 2 aromatic rings. The van der Waals surface area contributed by atoms with Gasteiger partial charge in [0.2, 0.25) is 5.91 Å². The Morgan fingerprint density at radius 3 is 2.84 bits per heavy atom. The lowest BCUT2D eigenvalue weighted by Crippen LogP contribution is -2.47. The molecule has 1 atom stereocenters. The number of carbonyl (C=O) groups excluding carboxylic acids is 1. The number of benzene rings is 1. The molecule has 1 fully saturated rings. The summed E-state index contributed by atoms with van der Waals surface area (Å²) >= 11 is 0. The number of rotatable bonds is 5. The summed E-state index contributed by atoms with van der Waals surface area (Å²) in [7, 11) is 0. The minimum Gasteiger partial charge on any atom is -0.375 e. The molecule has 134 valence electrons. The SMILES string of the molecule is CCC1CN(C(=O)Cn2c(Cc3ccc(F)cc3)noc2=O)CCO1. The molecule has 2 heterocycles. The number of hydrogen-bond acceptors (Lipinski definition) is 5. The highest BCUT2D eigenvalue weighted by molar-refractivity contribution is 5.76. The third-order valence-electron chi connectivity index (χ3n) is 4.28. The molecular formula is C17H20FN3O4. The Kier molecular flexibility index (Phi) is 5.28. The summed E-state index contributed by atoms with van der Waals surface area (Å²) in [6.45, 7) is 3.38. The first-order valence-corrected chi connectivity index (χ1v) is 8.26. The van der Waals surface area contributed by atoms with E-state index in [1.165, 1.54) is 16.7 Å². The molecule has 25 heavy (non-hydrogen) atoms. The third kappa shape index (κ3) is 4.14. The molecule has 0 aliphatic carbocycles. The fourth-order valence-corrected chi connectivity index (χ4v) is 2.79. The van der Waals surface area contributed by atoms with Gasteiger partial charge in [-0.1, -0.05) is 24.2 Å². The Labute approximate surface area is 144 Å². The van der Waals surface area contributed by atoms with Crippen LogP contribution in [0.3, 0.4) is 0 Å². The van der Waals surface area contributed by atoms with E-state index in [2.05, 4.69) is 5.16 Å². The molecule has 1 amide bonds. The van der Waals surface area contributed by atoms with E-state index in [1.807, 2.05) is 6.92 Å². The van der Waals surface area contributed by atoms with Crippen molar-refractivity contribution in [3.05, 3.63) is 52.0 Å². The zero-order chi connectivity index (χ0) is 17.8. The molecule has 0 N–H and O–H groups in total. The zero-order valence-corrected chi connectivity index (χ0v) is 14.0. The third-order valence-corrected chi connectivity index (χ3v) is 4.28. The van der Waals surface area contributed by atoms with Gasteiger partial charge in [0.15, 0.2) is 5.82 Å². The molecule has 1 aliphatic heterocycles. The molecule has 1 unspecified atom stereocenters. The van der Waals surface area contributed by atoms with Crippen LogP contribution in [0, 0.1) is 5.82 Å². The van der Waals surface area contributed by atoms with E-state index in [4.69, 9.17) is 9.26 Å². The van der Waals surface area contributed by atoms with Crippen LogP contribution in [0.2, 0.25) is 0 Å². The van der Waals surface area contributed by atoms with Crippen molar-refractivity contribution >= 4 is 5.91 Å². The van der Waals surface area contributed by atoms with Gasteiger partial charge >= 0.3 is 5.76 Å². The van der Waals surface area contributed by atoms with Crippen molar-refractivity contribution in [1.29, 1.82) is 0 Å². The van der Waals surface area contributed by atoms with E-state index in [1.54, 1.807) is 17.0 Å². The molecule has 3 rings (SSSR count).